The van der Waals surface area contributed by atoms with Crippen LogP contribution in [-0.4, -0.2) is 75.2 Å². The maximum absolute atomic E-state index is 13.7. The smallest absolute Gasteiger partial charge is 0.306 e. The third-order valence-corrected chi connectivity index (χ3v) is 12.7. The first-order valence-corrected chi connectivity index (χ1v) is 20.0. The Hall–Kier alpha value is -5.40. The van der Waals surface area contributed by atoms with Crippen molar-refractivity contribution in [2.24, 2.45) is 34.6 Å². The summed E-state index contributed by atoms with van der Waals surface area (Å²) in [7, 11) is 2.87. The minimum atomic E-state index is -0.638. The van der Waals surface area contributed by atoms with Gasteiger partial charge in [0, 0.05) is 50.3 Å². The van der Waals surface area contributed by atoms with Crippen LogP contribution in [-0.2, 0) is 23.9 Å². The molecule has 2 aromatic carbocycles. The van der Waals surface area contributed by atoms with E-state index in [1.54, 1.807) is 14.0 Å². The summed E-state index contributed by atoms with van der Waals surface area (Å²) in [5, 5.41) is 0.202. The normalized spacial score (nSPS) is 23.5. The van der Waals surface area contributed by atoms with Crippen LogP contribution >= 0.6 is 11.6 Å². The number of fused-ring (bicyclic) bond motifs is 2. The molecule has 296 valence electrons. The largest absolute Gasteiger partial charge is 0.469 e. The zero-order valence-electron chi connectivity index (χ0n) is 32.3. The molecule has 13 nitrogen and oxygen atoms in total. The molecule has 57 heavy (non-hydrogen) atoms. The summed E-state index contributed by atoms with van der Waals surface area (Å²) in [5.41, 5.74) is 13.1. The Morgan fingerprint density at radius 1 is 0.930 bits per heavy atom. The lowest BCUT2D eigenvalue weighted by atomic mass is 9.75. The van der Waals surface area contributed by atoms with Gasteiger partial charge in [-0.05, 0) is 78.7 Å². The zero-order valence-corrected chi connectivity index (χ0v) is 33.0. The van der Waals surface area contributed by atoms with Crippen LogP contribution in [0.3, 0.4) is 0 Å². The molecule has 14 heteroatoms. The number of halogens is 1. The van der Waals surface area contributed by atoms with E-state index in [4.69, 9.17) is 31.1 Å². The molecule has 4 aliphatic rings. The number of rotatable bonds is 13. The molecule has 7 atom stereocenters. The number of hydrogen-bond donors (Lipinski definition) is 3. The van der Waals surface area contributed by atoms with Crippen molar-refractivity contribution >= 4 is 46.5 Å². The summed E-state index contributed by atoms with van der Waals surface area (Å²) in [6, 6.07) is 16.7. The lowest BCUT2D eigenvalue weighted by Gasteiger charge is -2.30. The quantitative estimate of drug-likeness (QED) is 0.0951. The van der Waals surface area contributed by atoms with E-state index in [-0.39, 0.29) is 41.3 Å². The van der Waals surface area contributed by atoms with Gasteiger partial charge in [-0.2, -0.15) is 0 Å². The highest BCUT2D eigenvalue weighted by molar-refractivity contribution is 6.31. The van der Waals surface area contributed by atoms with Crippen molar-refractivity contribution in [3.63, 3.8) is 0 Å². The fourth-order valence-corrected chi connectivity index (χ4v) is 9.52. The first-order chi connectivity index (χ1) is 27.7. The average Bonchev–Trinajstić information content (AvgIpc) is 4.10. The van der Waals surface area contributed by atoms with E-state index in [1.165, 1.54) is 19.5 Å². The molecule has 2 aliphatic heterocycles. The van der Waals surface area contributed by atoms with Crippen molar-refractivity contribution in [1.29, 1.82) is 0 Å². The van der Waals surface area contributed by atoms with Gasteiger partial charge in [0.15, 0.2) is 11.0 Å². The molecule has 4 aromatic rings. The summed E-state index contributed by atoms with van der Waals surface area (Å²) in [6.45, 7) is 2.39. The summed E-state index contributed by atoms with van der Waals surface area (Å²) in [6.07, 6.45) is 11.9. The third kappa shape index (κ3) is 7.82. The lowest BCUT2D eigenvalue weighted by molar-refractivity contribution is -0.151. The number of allylic oxidation sites excluding steroid dienone is 1. The van der Waals surface area contributed by atoms with Crippen LogP contribution in [0.15, 0.2) is 78.3 Å². The van der Waals surface area contributed by atoms with Crippen LogP contribution in [0, 0.1) is 29.6 Å². The molecule has 0 radical (unpaired) electrons. The first kappa shape index (κ1) is 38.5. The number of nitrogens with one attached hydrogen (secondary N) is 3. The van der Waals surface area contributed by atoms with Crippen LogP contribution < -0.4 is 10.9 Å². The van der Waals surface area contributed by atoms with Crippen molar-refractivity contribution in [2.75, 3.05) is 26.2 Å². The number of benzene rings is 2. The van der Waals surface area contributed by atoms with E-state index in [0.29, 0.717) is 24.2 Å². The Morgan fingerprint density at radius 3 is 2.35 bits per heavy atom. The number of aromatic nitrogens is 4. The molecule has 3 N–H and O–H groups in total. The number of aliphatic imine (C=N–C) groups is 1. The van der Waals surface area contributed by atoms with Gasteiger partial charge in [-0.1, -0.05) is 60.1 Å². The number of anilines is 1. The van der Waals surface area contributed by atoms with E-state index >= 15 is 0 Å². The molecule has 2 amide bonds. The Balaban J connectivity index is 0.889. The van der Waals surface area contributed by atoms with Crippen LogP contribution in [0.4, 0.5) is 5.82 Å². The highest BCUT2D eigenvalue weighted by Gasteiger charge is 2.53. The Kier molecular flexibility index (Phi) is 11.2. The fourth-order valence-electron chi connectivity index (χ4n) is 9.37. The van der Waals surface area contributed by atoms with Gasteiger partial charge in [-0.3, -0.25) is 30.2 Å². The number of esters is 1. The number of carbonyl (C=O) groups is 3. The number of hydrazine groups is 1. The number of carbonyl (C=O) groups excluding carboxylic acids is 3. The second-order valence-corrected chi connectivity index (χ2v) is 15.9. The van der Waals surface area contributed by atoms with Crippen molar-refractivity contribution in [3.8, 4) is 22.4 Å². The molecule has 2 aliphatic carbocycles. The average molecular weight is 791 g/mol. The van der Waals surface area contributed by atoms with Crippen LogP contribution in [0.2, 0.25) is 5.15 Å². The number of aromatic amines is 1. The van der Waals surface area contributed by atoms with Gasteiger partial charge in [-0.15, -0.1) is 0 Å². The predicted octanol–water partition coefficient (Wildman–Crippen LogP) is 7.06. The fraction of sp³-hybridized carbons (Fsp3) is 0.419. The van der Waals surface area contributed by atoms with E-state index in [0.717, 1.165) is 83.6 Å². The molecule has 2 unspecified atom stereocenters. The molecule has 4 heterocycles. The maximum atomic E-state index is 13.7. The number of H-pyrrole nitrogens is 1. The second-order valence-electron chi connectivity index (χ2n) is 15.5. The molecular weight excluding hydrogens is 744 g/mol. The van der Waals surface area contributed by atoms with E-state index in [2.05, 4.69) is 74.3 Å². The van der Waals surface area contributed by atoms with Crippen molar-refractivity contribution in [2.45, 2.75) is 64.0 Å². The van der Waals surface area contributed by atoms with Gasteiger partial charge in [0.25, 0.3) is 0 Å². The minimum absolute atomic E-state index is 0.0372. The Morgan fingerprint density at radius 2 is 1.63 bits per heavy atom. The molecular formula is C43H47ClN8O5. The number of nitrogens with zero attached hydrogens (tertiary/aromatic N) is 5. The van der Waals surface area contributed by atoms with Gasteiger partial charge in [0.05, 0.1) is 49.4 Å². The predicted molar refractivity (Wildman–Crippen MR) is 216 cm³/mol. The van der Waals surface area contributed by atoms with E-state index in [9.17, 15) is 14.4 Å². The first-order valence-electron chi connectivity index (χ1n) is 19.7. The SMILES string of the molecule is COC(=O)C[C@H](C(=O)N1CCC[C@H]1c1ncc(-c2ccc(-c3ccc(C4=CN=C([C@@H]5C6CCC(C6)[C@H]5C(=O)NNc5nccnc5Cl)C4)cc3)cc2)[nH]1)[C@@H](C)OC. The van der Waals surface area contributed by atoms with E-state index in [1.807, 2.05) is 17.3 Å². The summed E-state index contributed by atoms with van der Waals surface area (Å²) in [4.78, 5) is 62.4. The number of amides is 2. The zero-order chi connectivity index (χ0) is 39.6. The minimum Gasteiger partial charge on any atom is -0.469 e. The van der Waals surface area contributed by atoms with Crippen LogP contribution in [0.1, 0.15) is 69.3 Å². The molecule has 3 fully saturated rings. The highest BCUT2D eigenvalue weighted by Crippen LogP contribution is 2.54. The van der Waals surface area contributed by atoms with Gasteiger partial charge in [0.2, 0.25) is 11.8 Å². The second kappa shape index (κ2) is 16.6. The van der Waals surface area contributed by atoms with Crippen LogP contribution in [0.5, 0.6) is 0 Å². The van der Waals surface area contributed by atoms with Gasteiger partial charge in [-0.25, -0.2) is 15.0 Å². The van der Waals surface area contributed by atoms with Gasteiger partial charge < -0.3 is 19.4 Å². The van der Waals surface area contributed by atoms with Crippen molar-refractivity contribution in [3.05, 3.63) is 89.9 Å². The third-order valence-electron chi connectivity index (χ3n) is 12.4. The number of likely N-dealkylation sites (tertiary alicyclic amines) is 1. The topological polar surface area (TPSA) is 164 Å². The van der Waals surface area contributed by atoms with E-state index < -0.39 is 18.0 Å². The Labute approximate surface area is 336 Å². The molecule has 8 rings (SSSR count). The Bertz CT molecular complexity index is 2190. The monoisotopic (exact) mass is 790 g/mol. The summed E-state index contributed by atoms with van der Waals surface area (Å²) in [5.74, 6) is 0.542. The summed E-state index contributed by atoms with van der Waals surface area (Å²) >= 11 is 6.13. The molecule has 1 saturated heterocycles. The number of hydrogen-bond acceptors (Lipinski definition) is 10. The standard InChI is InChI=1S/C43H47ClN8O5/c1-24(56-2)32(21-36(53)57-3)43(55)52-18-4-5-35(52)40-48-23-34(49-40)28-12-10-26(11-13-28)25-6-8-27(9-7-25)31-20-33(47-22-31)37-29-14-15-30(19-29)38(37)42(54)51-50-41-39(44)45-16-17-46-41/h6-13,16-17,22-24,29-30,32,35,37-38H,4-5,14-15,18-21H2,1-3H3,(H,46,50)(H,48,49)(H,51,54)/t24-,29?,30?,32+,35+,37+,38-/m1/s1. The van der Waals surface area contributed by atoms with Crippen molar-refractivity contribution in [1.82, 2.24) is 30.3 Å². The highest BCUT2D eigenvalue weighted by atomic mass is 35.5. The van der Waals surface area contributed by atoms with Gasteiger partial charge in [0.1, 0.15) is 5.82 Å². The number of ether oxygens (including phenoxy) is 2. The maximum Gasteiger partial charge on any atom is 0.306 e. The number of imidazole rings is 1. The van der Waals surface area contributed by atoms with Crippen molar-refractivity contribution < 1.29 is 23.9 Å². The summed E-state index contributed by atoms with van der Waals surface area (Å²) < 4.78 is 10.3. The number of methoxy groups -OCH3 is 2. The lowest BCUT2D eigenvalue weighted by Crippen LogP contribution is -2.43. The molecule has 0 spiro atoms. The molecule has 2 bridgehead atoms. The molecule has 2 aromatic heterocycles. The molecule has 2 saturated carbocycles. The van der Waals surface area contributed by atoms with Gasteiger partial charge >= 0.3 is 5.97 Å². The van der Waals surface area contributed by atoms with Crippen LogP contribution in [0.25, 0.3) is 28.0 Å².